The van der Waals surface area contributed by atoms with Crippen LogP contribution in [0.1, 0.15) is 67.9 Å². The van der Waals surface area contributed by atoms with Gasteiger partial charge in [-0.15, -0.1) is 0 Å². The SMILES string of the molecule is CN(C)C12CCN(C(=O)CCN3CCCCC3)C(C(c3ccccc3)C1)C(c1ccccc1)C2. The molecule has 6 rings (SSSR count). The van der Waals surface area contributed by atoms with Crippen LogP contribution in [0.5, 0.6) is 0 Å². The molecule has 4 nitrogen and oxygen atoms in total. The highest BCUT2D eigenvalue weighted by Gasteiger charge is 2.53. The van der Waals surface area contributed by atoms with Gasteiger partial charge in [0.05, 0.1) is 0 Å². The Morgan fingerprint density at radius 2 is 1.41 bits per heavy atom. The second-order valence-electron chi connectivity index (χ2n) is 11.0. The van der Waals surface area contributed by atoms with Crippen LogP contribution < -0.4 is 0 Å². The maximum Gasteiger partial charge on any atom is 0.224 e. The van der Waals surface area contributed by atoms with E-state index in [-0.39, 0.29) is 11.6 Å². The van der Waals surface area contributed by atoms with Gasteiger partial charge in [0.25, 0.3) is 0 Å². The Hall–Kier alpha value is -2.17. The number of nitrogens with zero attached hydrogens (tertiary/aromatic N) is 3. The Morgan fingerprint density at radius 1 is 0.853 bits per heavy atom. The molecule has 0 N–H and O–H groups in total. The zero-order valence-electron chi connectivity index (χ0n) is 21.0. The Labute approximate surface area is 205 Å². The van der Waals surface area contributed by atoms with Crippen LogP contribution in [0, 0.1) is 0 Å². The summed E-state index contributed by atoms with van der Waals surface area (Å²) in [6.07, 6.45) is 7.83. The van der Waals surface area contributed by atoms with Crippen LogP contribution in [0.15, 0.2) is 60.7 Å². The minimum atomic E-state index is 0.111. The van der Waals surface area contributed by atoms with Crippen molar-refractivity contribution in [2.24, 2.45) is 0 Å². The average molecular weight is 460 g/mol. The molecule has 2 atom stereocenters. The first-order chi connectivity index (χ1) is 16.6. The molecule has 3 aliphatic heterocycles. The predicted molar refractivity (Wildman–Crippen MR) is 139 cm³/mol. The number of likely N-dealkylation sites (tertiary alicyclic amines) is 1. The van der Waals surface area contributed by atoms with E-state index in [2.05, 4.69) is 89.5 Å². The normalized spacial score (nSPS) is 29.9. The molecule has 0 spiro atoms. The molecule has 1 amide bonds. The number of piperidine rings is 1. The minimum absolute atomic E-state index is 0.111. The van der Waals surface area contributed by atoms with E-state index in [0.29, 0.717) is 24.2 Å². The third-order valence-corrected chi connectivity index (χ3v) is 9.02. The van der Waals surface area contributed by atoms with E-state index in [1.54, 1.807) is 0 Å². The lowest BCUT2D eigenvalue weighted by atomic mass is 9.63. The van der Waals surface area contributed by atoms with Crippen LogP contribution in [0.25, 0.3) is 0 Å². The van der Waals surface area contributed by atoms with Crippen molar-refractivity contribution < 1.29 is 4.79 Å². The van der Waals surface area contributed by atoms with Gasteiger partial charge in [-0.3, -0.25) is 4.79 Å². The van der Waals surface area contributed by atoms with Crippen molar-refractivity contribution in [3.8, 4) is 0 Å². The minimum Gasteiger partial charge on any atom is -0.338 e. The van der Waals surface area contributed by atoms with Crippen LogP contribution in [0.3, 0.4) is 0 Å². The monoisotopic (exact) mass is 459 g/mol. The number of carbonyl (C=O) groups excluding carboxylic acids is 1. The average Bonchev–Trinajstić information content (AvgIpc) is 3.17. The van der Waals surface area contributed by atoms with E-state index in [0.717, 1.165) is 45.4 Å². The second-order valence-corrected chi connectivity index (χ2v) is 11.0. The summed E-state index contributed by atoms with van der Waals surface area (Å²) in [7, 11) is 4.50. The summed E-state index contributed by atoms with van der Waals surface area (Å²) >= 11 is 0. The van der Waals surface area contributed by atoms with Crippen LogP contribution in [-0.4, -0.2) is 72.5 Å². The van der Waals surface area contributed by atoms with Crippen LogP contribution >= 0.6 is 0 Å². The highest BCUT2D eigenvalue weighted by molar-refractivity contribution is 5.77. The van der Waals surface area contributed by atoms with Gasteiger partial charge < -0.3 is 14.7 Å². The summed E-state index contributed by atoms with van der Waals surface area (Å²) in [5, 5.41) is 0. The highest BCUT2D eigenvalue weighted by atomic mass is 16.2. The van der Waals surface area contributed by atoms with Gasteiger partial charge in [0.15, 0.2) is 0 Å². The Morgan fingerprint density at radius 3 is 1.94 bits per heavy atom. The van der Waals surface area contributed by atoms with Gasteiger partial charge in [0.2, 0.25) is 5.91 Å². The Balaban J connectivity index is 1.50. The van der Waals surface area contributed by atoms with Crippen molar-refractivity contribution in [3.05, 3.63) is 71.8 Å². The molecule has 182 valence electrons. The number of amides is 1. The van der Waals surface area contributed by atoms with E-state index in [1.165, 1.54) is 30.4 Å². The lowest BCUT2D eigenvalue weighted by molar-refractivity contribution is -0.134. The molecule has 4 fully saturated rings. The standard InChI is InChI=1S/C30H41N3O/c1-31(2)30-17-21-33(28(34)16-20-32-18-10-5-11-19-32)29(26(22-30)24-12-6-3-7-13-24)27(23-30)25-14-8-4-9-15-25/h3-4,6-9,12-15,26-27,29H,5,10-11,16-23H2,1-2H3. The summed E-state index contributed by atoms with van der Waals surface area (Å²) in [6, 6.07) is 22.2. The summed E-state index contributed by atoms with van der Waals surface area (Å²) in [5.74, 6) is 1.06. The van der Waals surface area contributed by atoms with Crippen molar-refractivity contribution in [2.45, 2.75) is 68.4 Å². The molecule has 4 aliphatic rings. The second kappa shape index (κ2) is 10.2. The summed E-state index contributed by atoms with van der Waals surface area (Å²) < 4.78 is 0. The maximum absolute atomic E-state index is 13.9. The van der Waals surface area contributed by atoms with Gasteiger partial charge in [0, 0.05) is 42.9 Å². The maximum atomic E-state index is 13.9. The molecular formula is C30H41N3O. The zero-order chi connectivity index (χ0) is 23.5. The quantitative estimate of drug-likeness (QED) is 0.600. The first kappa shape index (κ1) is 23.6. The van der Waals surface area contributed by atoms with Crippen molar-refractivity contribution in [3.63, 3.8) is 0 Å². The van der Waals surface area contributed by atoms with Crippen LogP contribution in [0.2, 0.25) is 0 Å². The van der Waals surface area contributed by atoms with Gasteiger partial charge in [-0.05, 0) is 70.4 Å². The molecular weight excluding hydrogens is 418 g/mol. The third kappa shape index (κ3) is 4.67. The van der Waals surface area contributed by atoms with E-state index >= 15 is 0 Å². The van der Waals surface area contributed by atoms with Gasteiger partial charge >= 0.3 is 0 Å². The fraction of sp³-hybridized carbons (Fsp3) is 0.567. The molecule has 2 aromatic carbocycles. The lowest BCUT2D eigenvalue weighted by Crippen LogP contribution is -2.53. The first-order valence-electron chi connectivity index (χ1n) is 13.4. The highest BCUT2D eigenvalue weighted by Crippen LogP contribution is 2.53. The van der Waals surface area contributed by atoms with Crippen LogP contribution in [-0.2, 0) is 4.79 Å². The van der Waals surface area contributed by atoms with Gasteiger partial charge in [-0.25, -0.2) is 0 Å². The van der Waals surface area contributed by atoms with Gasteiger partial charge in [-0.2, -0.15) is 0 Å². The number of hydrogen-bond acceptors (Lipinski definition) is 3. The molecule has 3 heterocycles. The van der Waals surface area contributed by atoms with Gasteiger partial charge in [0.1, 0.15) is 0 Å². The van der Waals surface area contributed by atoms with E-state index in [9.17, 15) is 4.79 Å². The molecule has 1 saturated carbocycles. The Bertz CT molecular complexity index is 889. The van der Waals surface area contributed by atoms with Crippen molar-refractivity contribution in [1.29, 1.82) is 0 Å². The summed E-state index contributed by atoms with van der Waals surface area (Å²) in [4.78, 5) is 21.2. The molecule has 4 heteroatoms. The van der Waals surface area contributed by atoms with E-state index in [4.69, 9.17) is 0 Å². The summed E-state index contributed by atoms with van der Waals surface area (Å²) in [6.45, 7) is 4.08. The molecule has 2 unspecified atom stereocenters. The Kier molecular flexibility index (Phi) is 7.08. The van der Waals surface area contributed by atoms with Crippen LogP contribution in [0.4, 0.5) is 0 Å². The molecule has 2 aromatic rings. The van der Waals surface area contributed by atoms with Gasteiger partial charge in [-0.1, -0.05) is 67.1 Å². The molecule has 3 saturated heterocycles. The number of hydrogen-bond donors (Lipinski definition) is 0. The fourth-order valence-corrected chi connectivity index (χ4v) is 7.03. The molecule has 0 radical (unpaired) electrons. The van der Waals surface area contributed by atoms with Crippen molar-refractivity contribution in [1.82, 2.24) is 14.7 Å². The lowest BCUT2D eigenvalue weighted by Gasteiger charge is -2.50. The largest absolute Gasteiger partial charge is 0.338 e. The van der Waals surface area contributed by atoms with E-state index < -0.39 is 0 Å². The first-order valence-corrected chi connectivity index (χ1v) is 13.4. The molecule has 2 bridgehead atoms. The molecule has 1 aliphatic carbocycles. The molecule has 0 aromatic heterocycles. The number of fused-ring (bicyclic) bond motifs is 4. The predicted octanol–water partition coefficient (Wildman–Crippen LogP) is 5.13. The van der Waals surface area contributed by atoms with E-state index in [1.807, 2.05) is 0 Å². The third-order valence-electron chi connectivity index (χ3n) is 9.02. The molecule has 34 heavy (non-hydrogen) atoms. The summed E-state index contributed by atoms with van der Waals surface area (Å²) in [5.41, 5.74) is 2.88. The van der Waals surface area contributed by atoms with Crippen molar-refractivity contribution in [2.75, 3.05) is 40.3 Å². The number of carbonyl (C=O) groups is 1. The number of rotatable bonds is 6. The van der Waals surface area contributed by atoms with Crippen molar-refractivity contribution >= 4 is 5.91 Å². The fourth-order valence-electron chi connectivity index (χ4n) is 7.03. The smallest absolute Gasteiger partial charge is 0.224 e. The topological polar surface area (TPSA) is 26.8 Å². The zero-order valence-corrected chi connectivity index (χ0v) is 21.0. The number of benzene rings is 2.